The normalized spacial score (nSPS) is 23.9. The highest BCUT2D eigenvalue weighted by Crippen LogP contribution is 2.45. The molecular formula is C18H24BFN2O2. The Kier molecular flexibility index (Phi) is 3.09. The molecule has 0 unspecified atom stereocenters. The van der Waals surface area contributed by atoms with E-state index in [1.54, 1.807) is 0 Å². The van der Waals surface area contributed by atoms with E-state index in [1.165, 1.54) is 6.07 Å². The average Bonchev–Trinajstić information content (AvgIpc) is 3.01. The molecule has 0 N–H and O–H groups in total. The largest absolute Gasteiger partial charge is 0.495 e. The molecule has 6 heteroatoms. The molecule has 4 rings (SSSR count). The minimum absolute atomic E-state index is 0.0554. The van der Waals surface area contributed by atoms with Crippen LogP contribution in [0.25, 0.3) is 11.0 Å². The van der Waals surface area contributed by atoms with Crippen molar-refractivity contribution in [3.63, 3.8) is 0 Å². The number of hydrogen-bond donors (Lipinski definition) is 0. The fourth-order valence-electron chi connectivity index (χ4n) is 3.47. The van der Waals surface area contributed by atoms with Gasteiger partial charge in [0.05, 0.1) is 16.7 Å². The summed E-state index contributed by atoms with van der Waals surface area (Å²) in [6.07, 6.45) is 2.20. The summed E-state index contributed by atoms with van der Waals surface area (Å²) in [6.45, 7) is 12.1. The predicted molar refractivity (Wildman–Crippen MR) is 93.0 cm³/mol. The molecule has 2 heterocycles. The molecule has 1 saturated heterocycles. The number of nitrogens with zero attached hydrogens (tertiary/aromatic N) is 2. The van der Waals surface area contributed by atoms with Crippen LogP contribution in [0, 0.1) is 12.7 Å². The lowest BCUT2D eigenvalue weighted by atomic mass is 9.79. The number of fused-ring (bicyclic) bond motifs is 1. The molecule has 1 aliphatic heterocycles. The van der Waals surface area contributed by atoms with Crippen molar-refractivity contribution in [1.82, 2.24) is 9.55 Å². The third-order valence-electron chi connectivity index (χ3n) is 5.94. The van der Waals surface area contributed by atoms with Crippen molar-refractivity contribution in [2.75, 3.05) is 0 Å². The van der Waals surface area contributed by atoms with Crippen LogP contribution in [0.1, 0.15) is 53.3 Å². The maximum Gasteiger partial charge on any atom is 0.495 e. The van der Waals surface area contributed by atoms with Gasteiger partial charge in [-0.15, -0.1) is 0 Å². The van der Waals surface area contributed by atoms with Crippen LogP contribution in [-0.4, -0.2) is 27.9 Å². The summed E-state index contributed by atoms with van der Waals surface area (Å²) in [5.74, 6) is 0.540. The fraction of sp³-hybridized carbons (Fsp3) is 0.611. The first-order valence-corrected chi connectivity index (χ1v) is 8.59. The van der Waals surface area contributed by atoms with Gasteiger partial charge in [-0.2, -0.15) is 0 Å². The molecular weight excluding hydrogens is 306 g/mol. The summed E-state index contributed by atoms with van der Waals surface area (Å²) in [4.78, 5) is 4.45. The smallest absolute Gasteiger partial charge is 0.399 e. The van der Waals surface area contributed by atoms with Gasteiger partial charge in [0, 0.05) is 5.54 Å². The van der Waals surface area contributed by atoms with E-state index in [2.05, 4.69) is 16.5 Å². The molecule has 0 spiro atoms. The number of rotatable bonds is 2. The van der Waals surface area contributed by atoms with Gasteiger partial charge in [-0.1, -0.05) is 0 Å². The third kappa shape index (κ3) is 2.16. The maximum absolute atomic E-state index is 14.7. The summed E-state index contributed by atoms with van der Waals surface area (Å²) < 4.78 is 29.0. The second kappa shape index (κ2) is 4.61. The number of aryl methyl sites for hydroxylation is 1. The highest BCUT2D eigenvalue weighted by Gasteiger charge is 2.52. The summed E-state index contributed by atoms with van der Waals surface area (Å²) in [5, 5.41) is 0. The summed E-state index contributed by atoms with van der Waals surface area (Å²) in [7, 11) is -0.565. The first-order chi connectivity index (χ1) is 11.0. The Morgan fingerprint density at radius 2 is 1.67 bits per heavy atom. The minimum Gasteiger partial charge on any atom is -0.399 e. The molecule has 0 bridgehead atoms. The van der Waals surface area contributed by atoms with E-state index < -0.39 is 18.3 Å². The van der Waals surface area contributed by atoms with Gasteiger partial charge in [0.2, 0.25) is 0 Å². The standard InChI is InChI=1S/C18H24BFN2O2/c1-11-21-15-13(20)9-12(10-14(15)22(11)18(6)7-8-18)19-23-16(2,3)17(4,5)24-19/h9-10H,7-8H2,1-6H3. The fourth-order valence-corrected chi connectivity index (χ4v) is 3.47. The number of halogens is 1. The highest BCUT2D eigenvalue weighted by molar-refractivity contribution is 6.62. The van der Waals surface area contributed by atoms with Gasteiger partial charge in [-0.3, -0.25) is 0 Å². The molecule has 2 aromatic rings. The average molecular weight is 330 g/mol. The van der Waals surface area contributed by atoms with Gasteiger partial charge in [-0.25, -0.2) is 9.37 Å². The molecule has 1 saturated carbocycles. The molecule has 2 aliphatic rings. The third-order valence-corrected chi connectivity index (χ3v) is 5.94. The molecule has 1 aromatic heterocycles. The molecule has 1 aliphatic carbocycles. The SMILES string of the molecule is Cc1nc2c(F)cc(B3OC(C)(C)C(C)(C)O3)cc2n1C1(C)CC1. The van der Waals surface area contributed by atoms with Crippen LogP contribution in [0.3, 0.4) is 0 Å². The lowest BCUT2D eigenvalue weighted by Gasteiger charge is -2.32. The Hall–Kier alpha value is -1.40. The van der Waals surface area contributed by atoms with Gasteiger partial charge in [0.15, 0.2) is 5.82 Å². The topological polar surface area (TPSA) is 36.3 Å². The zero-order chi connectivity index (χ0) is 17.5. The Balaban J connectivity index is 1.84. The van der Waals surface area contributed by atoms with E-state index in [9.17, 15) is 4.39 Å². The van der Waals surface area contributed by atoms with E-state index in [0.29, 0.717) is 11.0 Å². The maximum atomic E-state index is 14.7. The van der Waals surface area contributed by atoms with Gasteiger partial charge in [0.25, 0.3) is 0 Å². The molecule has 24 heavy (non-hydrogen) atoms. The predicted octanol–water partition coefficient (Wildman–Crippen LogP) is 3.29. The minimum atomic E-state index is -0.565. The summed E-state index contributed by atoms with van der Waals surface area (Å²) >= 11 is 0. The zero-order valence-corrected chi connectivity index (χ0v) is 15.2. The van der Waals surface area contributed by atoms with Gasteiger partial charge >= 0.3 is 7.12 Å². The first kappa shape index (κ1) is 16.1. The second-order valence-corrected chi connectivity index (χ2v) is 8.45. The van der Waals surface area contributed by atoms with Gasteiger partial charge in [0.1, 0.15) is 11.3 Å². The van der Waals surface area contributed by atoms with Crippen molar-refractivity contribution in [2.24, 2.45) is 0 Å². The molecule has 1 aromatic carbocycles. The molecule has 4 nitrogen and oxygen atoms in total. The van der Waals surface area contributed by atoms with E-state index >= 15 is 0 Å². The number of hydrogen-bond acceptors (Lipinski definition) is 3. The Morgan fingerprint density at radius 1 is 1.08 bits per heavy atom. The van der Waals surface area contributed by atoms with Crippen LogP contribution in [0.5, 0.6) is 0 Å². The van der Waals surface area contributed by atoms with E-state index in [0.717, 1.165) is 24.2 Å². The second-order valence-electron chi connectivity index (χ2n) is 8.45. The lowest BCUT2D eigenvalue weighted by molar-refractivity contribution is 0.00578. The van der Waals surface area contributed by atoms with Crippen molar-refractivity contribution >= 4 is 23.6 Å². The van der Waals surface area contributed by atoms with Crippen LogP contribution in [0.4, 0.5) is 4.39 Å². The Morgan fingerprint density at radius 3 is 2.21 bits per heavy atom. The molecule has 0 atom stereocenters. The van der Waals surface area contributed by atoms with Crippen LogP contribution in [-0.2, 0) is 14.8 Å². The van der Waals surface area contributed by atoms with Crippen LogP contribution < -0.4 is 5.46 Å². The van der Waals surface area contributed by atoms with E-state index in [1.807, 2.05) is 40.7 Å². The van der Waals surface area contributed by atoms with Gasteiger partial charge < -0.3 is 13.9 Å². The number of imidazole rings is 1. The van der Waals surface area contributed by atoms with Crippen molar-refractivity contribution in [2.45, 2.75) is 71.1 Å². The molecule has 128 valence electrons. The quantitative estimate of drug-likeness (QED) is 0.793. The van der Waals surface area contributed by atoms with Crippen LogP contribution in [0.15, 0.2) is 12.1 Å². The van der Waals surface area contributed by atoms with Gasteiger partial charge in [-0.05, 0) is 72.0 Å². The molecule has 0 radical (unpaired) electrons. The molecule has 2 fully saturated rings. The van der Waals surface area contributed by atoms with Crippen molar-refractivity contribution in [3.8, 4) is 0 Å². The van der Waals surface area contributed by atoms with Crippen molar-refractivity contribution < 1.29 is 13.7 Å². The number of aromatic nitrogens is 2. The van der Waals surface area contributed by atoms with Crippen LogP contribution in [0.2, 0.25) is 0 Å². The Labute approximate surface area is 142 Å². The highest BCUT2D eigenvalue weighted by atomic mass is 19.1. The van der Waals surface area contributed by atoms with E-state index in [4.69, 9.17) is 9.31 Å². The summed E-state index contributed by atoms with van der Waals surface area (Å²) in [6, 6.07) is 3.47. The monoisotopic (exact) mass is 330 g/mol. The Bertz CT molecular complexity index is 823. The van der Waals surface area contributed by atoms with Crippen molar-refractivity contribution in [1.29, 1.82) is 0 Å². The van der Waals surface area contributed by atoms with E-state index in [-0.39, 0.29) is 11.4 Å². The lowest BCUT2D eigenvalue weighted by Crippen LogP contribution is -2.41. The summed E-state index contributed by atoms with van der Waals surface area (Å²) in [5.41, 5.74) is 1.14. The molecule has 0 amide bonds. The number of benzene rings is 1. The first-order valence-electron chi connectivity index (χ1n) is 8.59. The zero-order valence-electron chi connectivity index (χ0n) is 15.2. The van der Waals surface area contributed by atoms with Crippen LogP contribution >= 0.6 is 0 Å². The van der Waals surface area contributed by atoms with Crippen molar-refractivity contribution in [3.05, 3.63) is 23.8 Å².